The lowest BCUT2D eigenvalue weighted by Gasteiger charge is -2.32. The topological polar surface area (TPSA) is 64.8 Å². The van der Waals surface area contributed by atoms with Crippen molar-refractivity contribution in [2.75, 3.05) is 23.3 Å². The maximum atomic E-state index is 9.14. The van der Waals surface area contributed by atoms with Gasteiger partial charge in [-0.1, -0.05) is 43.3 Å². The Balaban J connectivity index is 1.72. The SMILES string of the molecule is CC1CCCN(c2cc(-c3ccccc3)nc(Nc3cccc(C#N)c3)n2)C1. The third-order valence-electron chi connectivity index (χ3n) is 5.01. The van der Waals surface area contributed by atoms with E-state index < -0.39 is 0 Å². The summed E-state index contributed by atoms with van der Waals surface area (Å²) in [6, 6.07) is 21.8. The molecule has 4 rings (SSSR count). The highest BCUT2D eigenvalue weighted by atomic mass is 15.2. The molecule has 1 aliphatic heterocycles. The first-order valence-electron chi connectivity index (χ1n) is 9.68. The fraction of sp³-hybridized carbons (Fsp3) is 0.261. The third kappa shape index (κ3) is 4.12. The lowest BCUT2D eigenvalue weighted by atomic mass is 10.0. The van der Waals surface area contributed by atoms with Gasteiger partial charge < -0.3 is 10.2 Å². The second kappa shape index (κ2) is 8.10. The van der Waals surface area contributed by atoms with Crippen molar-refractivity contribution in [3.8, 4) is 17.3 Å². The van der Waals surface area contributed by atoms with E-state index in [0.717, 1.165) is 35.9 Å². The summed E-state index contributed by atoms with van der Waals surface area (Å²) in [6.07, 6.45) is 2.44. The Bertz CT molecular complexity index is 993. The summed E-state index contributed by atoms with van der Waals surface area (Å²) in [5, 5.41) is 12.4. The Hall–Kier alpha value is -3.39. The number of nitrogens with zero attached hydrogens (tertiary/aromatic N) is 4. The summed E-state index contributed by atoms with van der Waals surface area (Å²) < 4.78 is 0. The standard InChI is InChI=1S/C23H23N5/c1-17-7-6-12-28(16-17)22-14-21(19-9-3-2-4-10-19)26-23(27-22)25-20-11-5-8-18(13-20)15-24/h2-5,8-11,13-14,17H,6-7,12,16H2,1H3,(H,25,26,27). The van der Waals surface area contributed by atoms with Crippen LogP contribution >= 0.6 is 0 Å². The number of nitriles is 1. The molecule has 1 fully saturated rings. The molecule has 1 saturated heterocycles. The zero-order valence-corrected chi connectivity index (χ0v) is 16.0. The summed E-state index contributed by atoms with van der Waals surface area (Å²) in [5.74, 6) is 2.15. The number of hydrogen-bond acceptors (Lipinski definition) is 5. The first-order valence-corrected chi connectivity index (χ1v) is 9.68. The Kier molecular flexibility index (Phi) is 5.20. The maximum Gasteiger partial charge on any atom is 0.229 e. The van der Waals surface area contributed by atoms with Crippen LogP contribution in [0.1, 0.15) is 25.3 Å². The lowest BCUT2D eigenvalue weighted by molar-refractivity contribution is 0.444. The summed E-state index contributed by atoms with van der Waals surface area (Å²) in [6.45, 7) is 4.31. The average molecular weight is 369 g/mol. The van der Waals surface area contributed by atoms with E-state index in [4.69, 9.17) is 15.2 Å². The molecule has 0 amide bonds. The first-order chi connectivity index (χ1) is 13.7. The van der Waals surface area contributed by atoms with E-state index in [-0.39, 0.29) is 0 Å². The predicted molar refractivity (Wildman–Crippen MR) is 113 cm³/mol. The molecule has 1 aromatic heterocycles. The highest BCUT2D eigenvalue weighted by Gasteiger charge is 2.19. The largest absolute Gasteiger partial charge is 0.356 e. The minimum Gasteiger partial charge on any atom is -0.356 e. The maximum absolute atomic E-state index is 9.14. The molecular weight excluding hydrogens is 346 g/mol. The van der Waals surface area contributed by atoms with Crippen LogP contribution in [0.25, 0.3) is 11.3 Å². The van der Waals surface area contributed by atoms with Gasteiger partial charge in [-0.3, -0.25) is 0 Å². The molecule has 2 aromatic carbocycles. The molecule has 0 aliphatic carbocycles. The summed E-state index contributed by atoms with van der Waals surface area (Å²) >= 11 is 0. The highest BCUT2D eigenvalue weighted by Crippen LogP contribution is 2.28. The minimum atomic E-state index is 0.546. The molecule has 140 valence electrons. The number of anilines is 3. The van der Waals surface area contributed by atoms with Gasteiger partial charge in [-0.25, -0.2) is 4.98 Å². The van der Waals surface area contributed by atoms with Gasteiger partial charge in [0.2, 0.25) is 5.95 Å². The molecule has 1 aliphatic rings. The van der Waals surface area contributed by atoms with Crippen LogP contribution in [-0.4, -0.2) is 23.1 Å². The molecule has 0 spiro atoms. The molecule has 28 heavy (non-hydrogen) atoms. The highest BCUT2D eigenvalue weighted by molar-refractivity contribution is 5.67. The van der Waals surface area contributed by atoms with Crippen LogP contribution in [0.2, 0.25) is 0 Å². The van der Waals surface area contributed by atoms with Gasteiger partial charge in [-0.15, -0.1) is 0 Å². The Labute approximate surface area is 165 Å². The van der Waals surface area contributed by atoms with Gasteiger partial charge >= 0.3 is 0 Å². The van der Waals surface area contributed by atoms with Crippen LogP contribution in [0.15, 0.2) is 60.7 Å². The van der Waals surface area contributed by atoms with Gasteiger partial charge in [0, 0.05) is 30.4 Å². The molecule has 2 heterocycles. The van der Waals surface area contributed by atoms with E-state index in [1.54, 1.807) is 12.1 Å². The number of rotatable bonds is 4. The molecule has 0 radical (unpaired) electrons. The van der Waals surface area contributed by atoms with E-state index >= 15 is 0 Å². The van der Waals surface area contributed by atoms with Gasteiger partial charge in [0.15, 0.2) is 0 Å². The van der Waals surface area contributed by atoms with Crippen LogP contribution in [-0.2, 0) is 0 Å². The van der Waals surface area contributed by atoms with E-state index in [0.29, 0.717) is 17.4 Å². The molecular formula is C23H23N5. The minimum absolute atomic E-state index is 0.546. The van der Waals surface area contributed by atoms with E-state index in [2.05, 4.69) is 41.4 Å². The Morgan fingerprint density at radius 2 is 1.93 bits per heavy atom. The number of nitrogens with one attached hydrogen (secondary N) is 1. The molecule has 5 nitrogen and oxygen atoms in total. The Morgan fingerprint density at radius 3 is 2.71 bits per heavy atom. The van der Waals surface area contributed by atoms with Gasteiger partial charge in [0.05, 0.1) is 17.3 Å². The molecule has 0 saturated carbocycles. The smallest absolute Gasteiger partial charge is 0.229 e. The molecule has 5 heteroatoms. The zero-order chi connectivity index (χ0) is 19.3. The van der Waals surface area contributed by atoms with Gasteiger partial charge in [0.25, 0.3) is 0 Å². The van der Waals surface area contributed by atoms with Crippen molar-refractivity contribution in [1.82, 2.24) is 9.97 Å². The number of benzene rings is 2. The van der Waals surface area contributed by atoms with E-state index in [1.165, 1.54) is 12.8 Å². The van der Waals surface area contributed by atoms with Crippen molar-refractivity contribution in [2.45, 2.75) is 19.8 Å². The fourth-order valence-corrected chi connectivity index (χ4v) is 3.60. The van der Waals surface area contributed by atoms with Crippen molar-refractivity contribution >= 4 is 17.5 Å². The number of aromatic nitrogens is 2. The molecule has 0 bridgehead atoms. The zero-order valence-electron chi connectivity index (χ0n) is 16.0. The summed E-state index contributed by atoms with van der Waals surface area (Å²) in [5.41, 5.74) is 3.37. The number of hydrogen-bond donors (Lipinski definition) is 1. The van der Waals surface area contributed by atoms with Crippen molar-refractivity contribution in [2.24, 2.45) is 5.92 Å². The first kappa shape index (κ1) is 18.0. The van der Waals surface area contributed by atoms with Crippen LogP contribution < -0.4 is 10.2 Å². The van der Waals surface area contributed by atoms with Crippen molar-refractivity contribution < 1.29 is 0 Å². The molecule has 1 atom stereocenters. The summed E-state index contributed by atoms with van der Waals surface area (Å²) in [7, 11) is 0. The fourth-order valence-electron chi connectivity index (χ4n) is 3.60. The van der Waals surface area contributed by atoms with Gasteiger partial charge in [-0.05, 0) is 37.0 Å². The van der Waals surface area contributed by atoms with Crippen LogP contribution in [0.5, 0.6) is 0 Å². The van der Waals surface area contributed by atoms with E-state index in [9.17, 15) is 0 Å². The van der Waals surface area contributed by atoms with Crippen LogP contribution in [0, 0.1) is 17.2 Å². The van der Waals surface area contributed by atoms with Crippen LogP contribution in [0.4, 0.5) is 17.5 Å². The molecule has 3 aromatic rings. The molecule has 1 unspecified atom stereocenters. The predicted octanol–water partition coefficient (Wildman–Crippen LogP) is 5.00. The van der Waals surface area contributed by atoms with Gasteiger partial charge in [-0.2, -0.15) is 10.2 Å². The second-order valence-electron chi connectivity index (χ2n) is 7.31. The van der Waals surface area contributed by atoms with Crippen molar-refractivity contribution in [3.63, 3.8) is 0 Å². The van der Waals surface area contributed by atoms with E-state index in [1.807, 2.05) is 30.3 Å². The average Bonchev–Trinajstić information content (AvgIpc) is 2.74. The van der Waals surface area contributed by atoms with Crippen LogP contribution in [0.3, 0.4) is 0 Å². The Morgan fingerprint density at radius 1 is 1.07 bits per heavy atom. The summed E-state index contributed by atoms with van der Waals surface area (Å²) in [4.78, 5) is 11.9. The van der Waals surface area contributed by atoms with Crippen molar-refractivity contribution in [3.05, 3.63) is 66.2 Å². The number of piperidine rings is 1. The van der Waals surface area contributed by atoms with Gasteiger partial charge in [0.1, 0.15) is 5.82 Å². The molecule has 1 N–H and O–H groups in total. The lowest BCUT2D eigenvalue weighted by Crippen LogP contribution is -2.35. The monoisotopic (exact) mass is 369 g/mol. The normalized spacial score (nSPS) is 16.4. The quantitative estimate of drug-likeness (QED) is 0.701. The third-order valence-corrected chi connectivity index (χ3v) is 5.01. The second-order valence-corrected chi connectivity index (χ2v) is 7.31. The van der Waals surface area contributed by atoms with Crippen molar-refractivity contribution in [1.29, 1.82) is 5.26 Å².